The molecule has 1 rings (SSSR count). The van der Waals surface area contributed by atoms with Crippen LogP contribution in [-0.2, 0) is 6.54 Å². The molecule has 1 aromatic rings. The Balaban J connectivity index is 2.52. The summed E-state index contributed by atoms with van der Waals surface area (Å²) in [7, 11) is 6.27. The first kappa shape index (κ1) is 15.5. The Morgan fingerprint density at radius 1 is 1.26 bits per heavy atom. The average Bonchev–Trinajstić information content (AvgIpc) is 2.37. The highest BCUT2D eigenvalue weighted by Crippen LogP contribution is 2.08. The Bertz CT molecular complexity index is 418. The molecule has 0 fully saturated rings. The van der Waals surface area contributed by atoms with E-state index in [0.29, 0.717) is 0 Å². The second-order valence-electron chi connectivity index (χ2n) is 5.08. The minimum absolute atomic E-state index is 0.150. The Morgan fingerprint density at radius 3 is 2.63 bits per heavy atom. The first-order valence-corrected chi connectivity index (χ1v) is 6.43. The Hall–Kier alpha value is -1.59. The van der Waals surface area contributed by atoms with E-state index < -0.39 is 0 Å². The molecule has 1 aromatic carbocycles. The summed E-state index contributed by atoms with van der Waals surface area (Å²) in [5, 5.41) is 11.7. The fourth-order valence-corrected chi connectivity index (χ4v) is 1.93. The Labute approximate surface area is 115 Å². The maximum absolute atomic E-state index is 8.68. The van der Waals surface area contributed by atoms with Gasteiger partial charge in [-0.2, -0.15) is 0 Å². The van der Waals surface area contributed by atoms with Crippen molar-refractivity contribution in [1.82, 2.24) is 9.80 Å². The lowest BCUT2D eigenvalue weighted by Crippen LogP contribution is -2.23. The van der Waals surface area contributed by atoms with E-state index in [9.17, 15) is 0 Å². The highest BCUT2D eigenvalue weighted by Gasteiger charge is 2.04. The molecule has 0 amide bonds. The second-order valence-corrected chi connectivity index (χ2v) is 5.08. The highest BCUT2D eigenvalue weighted by atomic mass is 16.4. The van der Waals surface area contributed by atoms with Crippen molar-refractivity contribution in [3.8, 4) is 0 Å². The lowest BCUT2D eigenvalue weighted by molar-refractivity contribution is 0.294. The molecule has 0 aromatic heterocycles. The lowest BCUT2D eigenvalue weighted by Gasteiger charge is -2.18. The van der Waals surface area contributed by atoms with Crippen molar-refractivity contribution < 1.29 is 5.21 Å². The number of hydrogen-bond acceptors (Lipinski definition) is 4. The van der Waals surface area contributed by atoms with E-state index in [0.717, 1.165) is 37.2 Å². The lowest BCUT2D eigenvalue weighted by atomic mass is 10.1. The van der Waals surface area contributed by atoms with Gasteiger partial charge < -0.3 is 20.7 Å². The Morgan fingerprint density at radius 2 is 2.00 bits per heavy atom. The van der Waals surface area contributed by atoms with Crippen LogP contribution in [0.2, 0.25) is 0 Å². The summed E-state index contributed by atoms with van der Waals surface area (Å²) in [6, 6.07) is 7.77. The van der Waals surface area contributed by atoms with E-state index in [4.69, 9.17) is 10.9 Å². The predicted octanol–water partition coefficient (Wildman–Crippen LogP) is 1.16. The predicted molar refractivity (Wildman–Crippen MR) is 78.5 cm³/mol. The third kappa shape index (κ3) is 5.72. The second kappa shape index (κ2) is 7.76. The topological polar surface area (TPSA) is 65.1 Å². The van der Waals surface area contributed by atoms with Crippen LogP contribution in [0.25, 0.3) is 0 Å². The van der Waals surface area contributed by atoms with Gasteiger partial charge in [0.25, 0.3) is 0 Å². The molecule has 19 heavy (non-hydrogen) atoms. The summed E-state index contributed by atoms with van der Waals surface area (Å²) in [5.74, 6) is 0.150. The van der Waals surface area contributed by atoms with Gasteiger partial charge in [-0.05, 0) is 52.3 Å². The monoisotopic (exact) mass is 264 g/mol. The van der Waals surface area contributed by atoms with Gasteiger partial charge in [0.05, 0.1) is 0 Å². The van der Waals surface area contributed by atoms with Crippen LogP contribution in [0.1, 0.15) is 17.5 Å². The molecule has 0 atom stereocenters. The number of oxime groups is 1. The molecule has 0 aliphatic carbocycles. The number of amidine groups is 1. The van der Waals surface area contributed by atoms with Crippen molar-refractivity contribution in [2.75, 3.05) is 34.2 Å². The van der Waals surface area contributed by atoms with Crippen LogP contribution < -0.4 is 5.73 Å². The average molecular weight is 264 g/mol. The molecule has 0 spiro atoms. The third-order valence-corrected chi connectivity index (χ3v) is 2.93. The fourth-order valence-electron chi connectivity index (χ4n) is 1.93. The number of nitrogens with zero attached hydrogens (tertiary/aromatic N) is 3. The molecule has 3 N–H and O–H groups in total. The zero-order valence-corrected chi connectivity index (χ0v) is 12.0. The highest BCUT2D eigenvalue weighted by molar-refractivity contribution is 5.97. The van der Waals surface area contributed by atoms with Crippen molar-refractivity contribution in [3.05, 3.63) is 35.4 Å². The molecule has 0 heterocycles. The molecule has 0 radical (unpaired) electrons. The minimum Gasteiger partial charge on any atom is -0.409 e. The number of rotatable bonds is 7. The van der Waals surface area contributed by atoms with Gasteiger partial charge in [-0.15, -0.1) is 0 Å². The van der Waals surface area contributed by atoms with Crippen LogP contribution in [0, 0.1) is 0 Å². The van der Waals surface area contributed by atoms with Gasteiger partial charge >= 0.3 is 0 Å². The number of nitrogens with two attached hydrogens (primary N) is 1. The molecule has 0 aliphatic heterocycles. The number of hydrogen-bond donors (Lipinski definition) is 2. The normalized spacial score (nSPS) is 12.4. The van der Waals surface area contributed by atoms with E-state index in [1.54, 1.807) is 0 Å². The summed E-state index contributed by atoms with van der Waals surface area (Å²) < 4.78 is 0. The van der Waals surface area contributed by atoms with Crippen LogP contribution in [0.5, 0.6) is 0 Å². The van der Waals surface area contributed by atoms with Crippen molar-refractivity contribution in [2.24, 2.45) is 10.9 Å². The summed E-state index contributed by atoms with van der Waals surface area (Å²) >= 11 is 0. The van der Waals surface area contributed by atoms with Crippen LogP contribution in [-0.4, -0.2) is 55.1 Å². The van der Waals surface area contributed by atoms with Crippen LogP contribution >= 0.6 is 0 Å². The Kier molecular flexibility index (Phi) is 6.32. The number of benzene rings is 1. The van der Waals surface area contributed by atoms with Gasteiger partial charge in [0.1, 0.15) is 0 Å². The summed E-state index contributed by atoms with van der Waals surface area (Å²) in [5.41, 5.74) is 7.50. The zero-order valence-electron chi connectivity index (χ0n) is 12.0. The van der Waals surface area contributed by atoms with E-state index in [2.05, 4.69) is 42.2 Å². The van der Waals surface area contributed by atoms with Gasteiger partial charge in [-0.3, -0.25) is 0 Å². The third-order valence-electron chi connectivity index (χ3n) is 2.93. The molecule has 5 heteroatoms. The van der Waals surface area contributed by atoms with Crippen molar-refractivity contribution in [3.63, 3.8) is 0 Å². The molecule has 0 saturated heterocycles. The van der Waals surface area contributed by atoms with E-state index in [-0.39, 0.29) is 5.84 Å². The first-order valence-electron chi connectivity index (χ1n) is 6.43. The standard InChI is InChI=1S/C14H24N4O/c1-17(2)8-5-9-18(3)11-12-6-4-7-13(10-12)14(15)16-19/h4,6-7,10,19H,5,8-9,11H2,1-3H3,(H2,15,16). The van der Waals surface area contributed by atoms with E-state index in [1.165, 1.54) is 0 Å². The fraction of sp³-hybridized carbons (Fsp3) is 0.500. The van der Waals surface area contributed by atoms with Crippen LogP contribution in [0.3, 0.4) is 0 Å². The van der Waals surface area contributed by atoms with Crippen LogP contribution in [0.4, 0.5) is 0 Å². The zero-order chi connectivity index (χ0) is 14.3. The van der Waals surface area contributed by atoms with E-state index >= 15 is 0 Å². The summed E-state index contributed by atoms with van der Waals surface area (Å²) in [6.07, 6.45) is 1.14. The van der Waals surface area contributed by atoms with Gasteiger partial charge in [0.15, 0.2) is 5.84 Å². The summed E-state index contributed by atoms with van der Waals surface area (Å²) in [4.78, 5) is 4.46. The van der Waals surface area contributed by atoms with Gasteiger partial charge in [0.2, 0.25) is 0 Å². The van der Waals surface area contributed by atoms with Crippen LogP contribution in [0.15, 0.2) is 29.4 Å². The first-order chi connectivity index (χ1) is 9.02. The minimum atomic E-state index is 0.150. The molecule has 106 valence electrons. The smallest absolute Gasteiger partial charge is 0.170 e. The molecular weight excluding hydrogens is 240 g/mol. The quantitative estimate of drug-likeness (QED) is 0.336. The molecule has 0 saturated carbocycles. The molecule has 0 unspecified atom stereocenters. The van der Waals surface area contributed by atoms with Gasteiger partial charge in [0, 0.05) is 12.1 Å². The molecule has 0 aliphatic rings. The van der Waals surface area contributed by atoms with Crippen molar-refractivity contribution in [1.29, 1.82) is 0 Å². The maximum Gasteiger partial charge on any atom is 0.170 e. The summed E-state index contributed by atoms with van der Waals surface area (Å²) in [6.45, 7) is 3.00. The van der Waals surface area contributed by atoms with Gasteiger partial charge in [-0.25, -0.2) is 0 Å². The van der Waals surface area contributed by atoms with Crippen molar-refractivity contribution >= 4 is 5.84 Å². The molecular formula is C14H24N4O. The maximum atomic E-state index is 8.68. The van der Waals surface area contributed by atoms with Gasteiger partial charge in [-0.1, -0.05) is 23.4 Å². The van der Waals surface area contributed by atoms with E-state index in [1.807, 2.05) is 18.2 Å². The SMILES string of the molecule is CN(C)CCCN(C)Cc1cccc(C(N)=NO)c1. The largest absolute Gasteiger partial charge is 0.409 e. The van der Waals surface area contributed by atoms with Crippen molar-refractivity contribution in [2.45, 2.75) is 13.0 Å². The molecule has 5 nitrogen and oxygen atoms in total. The molecule has 0 bridgehead atoms.